The average molecular weight is 265 g/mol. The van der Waals surface area contributed by atoms with Crippen LogP contribution in [-0.4, -0.2) is 11.1 Å². The summed E-state index contributed by atoms with van der Waals surface area (Å²) in [6.45, 7) is 2.68. The molecule has 0 aliphatic rings. The van der Waals surface area contributed by atoms with Gasteiger partial charge in [-0.2, -0.15) is 0 Å². The van der Waals surface area contributed by atoms with E-state index in [1.54, 1.807) is 0 Å². The van der Waals surface area contributed by atoms with Gasteiger partial charge in [-0.1, -0.05) is 48.4 Å². The SMILES string of the molecule is C#Cc1ccc(CN[C@H](C)[C@@H](O)c2ccccc2)cc1. The lowest BCUT2D eigenvalue weighted by atomic mass is 10.0. The first-order valence-electron chi connectivity index (χ1n) is 6.72. The zero-order chi connectivity index (χ0) is 14.4. The van der Waals surface area contributed by atoms with E-state index in [9.17, 15) is 5.11 Å². The number of aliphatic hydroxyl groups excluding tert-OH is 1. The number of aliphatic hydroxyl groups is 1. The molecule has 0 saturated carbocycles. The number of rotatable bonds is 5. The maximum absolute atomic E-state index is 10.3. The fraction of sp³-hybridized carbons (Fsp3) is 0.222. The molecule has 2 aromatic carbocycles. The zero-order valence-electron chi connectivity index (χ0n) is 11.6. The van der Waals surface area contributed by atoms with E-state index in [-0.39, 0.29) is 6.04 Å². The third-order valence-corrected chi connectivity index (χ3v) is 3.36. The Balaban J connectivity index is 1.91. The van der Waals surface area contributed by atoms with Gasteiger partial charge < -0.3 is 10.4 Å². The molecular weight excluding hydrogens is 246 g/mol. The quantitative estimate of drug-likeness (QED) is 0.815. The van der Waals surface area contributed by atoms with Gasteiger partial charge in [-0.3, -0.25) is 0 Å². The highest BCUT2D eigenvalue weighted by atomic mass is 16.3. The zero-order valence-corrected chi connectivity index (χ0v) is 11.6. The number of terminal acetylenes is 1. The van der Waals surface area contributed by atoms with E-state index in [2.05, 4.69) is 11.2 Å². The largest absolute Gasteiger partial charge is 0.387 e. The summed E-state index contributed by atoms with van der Waals surface area (Å²) in [4.78, 5) is 0. The molecular formula is C18H19NO. The summed E-state index contributed by atoms with van der Waals surface area (Å²) < 4.78 is 0. The highest BCUT2D eigenvalue weighted by Gasteiger charge is 2.15. The minimum absolute atomic E-state index is 0.0234. The van der Waals surface area contributed by atoms with Crippen LogP contribution in [0.4, 0.5) is 0 Å². The highest BCUT2D eigenvalue weighted by molar-refractivity contribution is 5.34. The van der Waals surface area contributed by atoms with Crippen LogP contribution in [0.25, 0.3) is 0 Å². The predicted octanol–water partition coefficient (Wildman–Crippen LogP) is 2.88. The van der Waals surface area contributed by atoms with Crippen LogP contribution >= 0.6 is 0 Å². The third-order valence-electron chi connectivity index (χ3n) is 3.36. The van der Waals surface area contributed by atoms with Crippen LogP contribution in [0.2, 0.25) is 0 Å². The lowest BCUT2D eigenvalue weighted by molar-refractivity contribution is 0.135. The predicted molar refractivity (Wildman–Crippen MR) is 82.1 cm³/mol. The van der Waals surface area contributed by atoms with Crippen LogP contribution in [0.5, 0.6) is 0 Å². The van der Waals surface area contributed by atoms with Crippen molar-refractivity contribution in [3.05, 3.63) is 71.3 Å². The van der Waals surface area contributed by atoms with Crippen molar-refractivity contribution in [2.24, 2.45) is 0 Å². The Kier molecular flexibility index (Phi) is 4.95. The number of nitrogens with one attached hydrogen (secondary N) is 1. The fourth-order valence-corrected chi connectivity index (χ4v) is 2.05. The summed E-state index contributed by atoms with van der Waals surface area (Å²) in [6.07, 6.45) is 4.81. The Morgan fingerprint density at radius 3 is 2.35 bits per heavy atom. The Morgan fingerprint density at radius 1 is 1.10 bits per heavy atom. The van der Waals surface area contributed by atoms with E-state index >= 15 is 0 Å². The molecule has 2 nitrogen and oxygen atoms in total. The summed E-state index contributed by atoms with van der Waals surface area (Å²) in [5, 5.41) is 13.6. The average Bonchev–Trinajstić information content (AvgIpc) is 2.53. The van der Waals surface area contributed by atoms with E-state index in [1.165, 1.54) is 0 Å². The summed E-state index contributed by atoms with van der Waals surface area (Å²) in [5.41, 5.74) is 2.96. The number of benzene rings is 2. The van der Waals surface area contributed by atoms with Gasteiger partial charge in [0.05, 0.1) is 6.10 Å². The van der Waals surface area contributed by atoms with Crippen LogP contribution in [-0.2, 0) is 6.54 Å². The first kappa shape index (κ1) is 14.3. The molecule has 2 rings (SSSR count). The molecule has 0 radical (unpaired) electrons. The van der Waals surface area contributed by atoms with Crippen molar-refractivity contribution < 1.29 is 5.11 Å². The number of hydrogen-bond acceptors (Lipinski definition) is 2. The van der Waals surface area contributed by atoms with Crippen molar-refractivity contribution >= 4 is 0 Å². The van der Waals surface area contributed by atoms with Crippen molar-refractivity contribution in [1.29, 1.82) is 0 Å². The summed E-state index contributed by atoms with van der Waals surface area (Å²) >= 11 is 0. The van der Waals surface area contributed by atoms with Gasteiger partial charge in [-0.05, 0) is 30.2 Å². The molecule has 0 fully saturated rings. The molecule has 20 heavy (non-hydrogen) atoms. The van der Waals surface area contributed by atoms with Gasteiger partial charge in [0.15, 0.2) is 0 Å². The number of hydrogen-bond donors (Lipinski definition) is 2. The van der Waals surface area contributed by atoms with Crippen molar-refractivity contribution in [2.75, 3.05) is 0 Å². The molecule has 2 atom stereocenters. The second kappa shape index (κ2) is 6.91. The molecule has 0 unspecified atom stereocenters. The molecule has 0 spiro atoms. The topological polar surface area (TPSA) is 32.3 Å². The van der Waals surface area contributed by atoms with Crippen molar-refractivity contribution in [1.82, 2.24) is 5.32 Å². The van der Waals surface area contributed by atoms with Crippen molar-refractivity contribution in [3.8, 4) is 12.3 Å². The maximum atomic E-state index is 10.3. The third kappa shape index (κ3) is 3.71. The van der Waals surface area contributed by atoms with Gasteiger partial charge in [0.25, 0.3) is 0 Å². The van der Waals surface area contributed by atoms with Crippen molar-refractivity contribution in [2.45, 2.75) is 25.6 Å². The highest BCUT2D eigenvalue weighted by Crippen LogP contribution is 2.16. The van der Waals surface area contributed by atoms with Gasteiger partial charge in [-0.15, -0.1) is 6.42 Å². The Bertz CT molecular complexity index is 569. The normalized spacial score (nSPS) is 13.4. The second-order valence-corrected chi connectivity index (χ2v) is 4.87. The summed E-state index contributed by atoms with van der Waals surface area (Å²) in [5.74, 6) is 2.60. The molecule has 2 heteroatoms. The Labute approximate surface area is 120 Å². The van der Waals surface area contributed by atoms with Gasteiger partial charge in [0.1, 0.15) is 0 Å². The first-order valence-corrected chi connectivity index (χ1v) is 6.72. The molecule has 102 valence electrons. The van der Waals surface area contributed by atoms with Gasteiger partial charge >= 0.3 is 0 Å². The van der Waals surface area contributed by atoms with Crippen LogP contribution in [0.3, 0.4) is 0 Å². The minimum atomic E-state index is -0.513. The van der Waals surface area contributed by atoms with Crippen LogP contribution in [0.1, 0.15) is 29.7 Å². The van der Waals surface area contributed by atoms with Crippen molar-refractivity contribution in [3.63, 3.8) is 0 Å². The second-order valence-electron chi connectivity index (χ2n) is 4.87. The van der Waals surface area contributed by atoms with E-state index in [4.69, 9.17) is 6.42 Å². The molecule has 0 aliphatic heterocycles. The molecule has 0 bridgehead atoms. The Morgan fingerprint density at radius 2 is 1.75 bits per heavy atom. The summed E-state index contributed by atoms with van der Waals surface area (Å²) in [7, 11) is 0. The molecule has 0 saturated heterocycles. The molecule has 0 heterocycles. The monoisotopic (exact) mass is 265 g/mol. The van der Waals surface area contributed by atoms with Gasteiger partial charge in [0.2, 0.25) is 0 Å². The smallest absolute Gasteiger partial charge is 0.0940 e. The lowest BCUT2D eigenvalue weighted by Gasteiger charge is -2.20. The maximum Gasteiger partial charge on any atom is 0.0940 e. The van der Waals surface area contributed by atoms with Gasteiger partial charge in [-0.25, -0.2) is 0 Å². The Hall–Kier alpha value is -2.08. The van der Waals surface area contributed by atoms with E-state index in [1.807, 2.05) is 61.5 Å². The van der Waals surface area contributed by atoms with Crippen LogP contribution in [0.15, 0.2) is 54.6 Å². The molecule has 2 N–H and O–H groups in total. The van der Waals surface area contributed by atoms with Crippen LogP contribution < -0.4 is 5.32 Å². The molecule has 0 aromatic heterocycles. The fourth-order valence-electron chi connectivity index (χ4n) is 2.05. The molecule has 0 aliphatic carbocycles. The van der Waals surface area contributed by atoms with Gasteiger partial charge in [0, 0.05) is 18.2 Å². The summed E-state index contributed by atoms with van der Waals surface area (Å²) in [6, 6.07) is 17.5. The van der Waals surface area contributed by atoms with E-state index < -0.39 is 6.10 Å². The first-order chi connectivity index (χ1) is 9.70. The van der Waals surface area contributed by atoms with E-state index in [0.29, 0.717) is 6.54 Å². The van der Waals surface area contributed by atoms with E-state index in [0.717, 1.165) is 16.7 Å². The lowest BCUT2D eigenvalue weighted by Crippen LogP contribution is -2.31. The standard InChI is InChI=1S/C18H19NO/c1-3-15-9-11-16(12-10-15)13-19-14(2)18(20)17-7-5-4-6-8-17/h1,4-12,14,18-20H,13H2,2H3/t14-,18-/m1/s1. The molecule has 2 aromatic rings. The van der Waals surface area contributed by atoms with Crippen LogP contribution in [0, 0.1) is 12.3 Å². The molecule has 0 amide bonds. The minimum Gasteiger partial charge on any atom is -0.387 e.